The number of anilines is 1. The first kappa shape index (κ1) is 19.2. The van der Waals surface area contributed by atoms with Crippen LogP contribution in [0.2, 0.25) is 0 Å². The van der Waals surface area contributed by atoms with Gasteiger partial charge in [0.25, 0.3) is 5.91 Å². The lowest BCUT2D eigenvalue weighted by atomic mass is 10.0. The number of rotatable bonds is 4. The number of nitrogens with zero attached hydrogens (tertiary/aromatic N) is 3. The van der Waals surface area contributed by atoms with E-state index in [0.29, 0.717) is 11.3 Å². The second-order valence-electron chi connectivity index (χ2n) is 8.35. The molecule has 0 aliphatic carbocycles. The molecule has 2 aromatic rings. The fraction of sp³-hybridized carbons (Fsp3) is 0.478. The molecule has 1 atom stereocenters. The van der Waals surface area contributed by atoms with Gasteiger partial charge in [-0.3, -0.25) is 4.79 Å². The Labute approximate surface area is 176 Å². The number of aliphatic hydroxyl groups is 1. The van der Waals surface area contributed by atoms with Gasteiger partial charge < -0.3 is 24.4 Å². The van der Waals surface area contributed by atoms with Crippen molar-refractivity contribution in [1.82, 2.24) is 9.88 Å². The Balaban J connectivity index is 1.28. The van der Waals surface area contributed by atoms with Gasteiger partial charge in [-0.2, -0.15) is 0 Å². The zero-order valence-electron chi connectivity index (χ0n) is 17.4. The number of aryl methyl sites for hydroxylation is 1. The van der Waals surface area contributed by atoms with Gasteiger partial charge in [0.2, 0.25) is 0 Å². The maximum Gasteiger partial charge on any atom is 0.256 e. The first-order chi connectivity index (χ1) is 14.5. The van der Waals surface area contributed by atoms with E-state index in [-0.39, 0.29) is 24.7 Å². The summed E-state index contributed by atoms with van der Waals surface area (Å²) in [6.45, 7) is 4.31. The van der Waals surface area contributed by atoms with Crippen LogP contribution in [0.15, 0.2) is 24.3 Å². The molecule has 1 N–H and O–H groups in total. The van der Waals surface area contributed by atoms with Crippen LogP contribution in [0.25, 0.3) is 0 Å². The van der Waals surface area contributed by atoms with Crippen molar-refractivity contribution >= 4 is 11.7 Å². The molecule has 0 bridgehead atoms. The standard InChI is InChI=1S/C23H27N3O4/c1-14-11-18-21(19(13-27)25(2)23(18)28)24-22(14)26-8-5-16(6-9-26)30-17-4-3-15-7-10-29-20(15)12-17/h3-4,11-12,16,19,27H,5-10,13H2,1-2H3/t19-/m0/s1. The van der Waals surface area contributed by atoms with E-state index in [1.54, 1.807) is 11.9 Å². The van der Waals surface area contributed by atoms with Crippen LogP contribution in [0, 0.1) is 6.92 Å². The fourth-order valence-corrected chi connectivity index (χ4v) is 4.68. The van der Waals surface area contributed by atoms with Gasteiger partial charge in [0, 0.05) is 45.5 Å². The van der Waals surface area contributed by atoms with Crippen LogP contribution < -0.4 is 14.4 Å². The van der Waals surface area contributed by atoms with Gasteiger partial charge in [-0.25, -0.2) is 4.98 Å². The first-order valence-electron chi connectivity index (χ1n) is 10.6. The number of hydrogen-bond donors (Lipinski definition) is 1. The number of hydrogen-bond acceptors (Lipinski definition) is 6. The Morgan fingerprint density at radius 3 is 2.83 bits per heavy atom. The van der Waals surface area contributed by atoms with E-state index in [1.165, 1.54) is 5.56 Å². The Morgan fingerprint density at radius 2 is 2.07 bits per heavy atom. The van der Waals surface area contributed by atoms with Gasteiger partial charge in [0.05, 0.1) is 30.5 Å². The van der Waals surface area contributed by atoms with E-state index in [9.17, 15) is 9.90 Å². The molecule has 4 heterocycles. The zero-order valence-corrected chi connectivity index (χ0v) is 17.4. The van der Waals surface area contributed by atoms with Crippen LogP contribution in [-0.2, 0) is 6.42 Å². The summed E-state index contributed by atoms with van der Waals surface area (Å²) in [5.74, 6) is 2.64. The number of aliphatic hydroxyl groups excluding tert-OH is 1. The van der Waals surface area contributed by atoms with Crippen LogP contribution in [0.1, 0.15) is 46.1 Å². The third-order valence-electron chi connectivity index (χ3n) is 6.43. The summed E-state index contributed by atoms with van der Waals surface area (Å²) in [4.78, 5) is 21.1. The minimum absolute atomic E-state index is 0.0726. The number of fused-ring (bicyclic) bond motifs is 2. The summed E-state index contributed by atoms with van der Waals surface area (Å²) in [6.07, 6.45) is 2.93. The molecule has 0 spiro atoms. The summed E-state index contributed by atoms with van der Waals surface area (Å²) in [5, 5.41) is 9.73. The van der Waals surface area contributed by atoms with Crippen molar-refractivity contribution in [3.63, 3.8) is 0 Å². The van der Waals surface area contributed by atoms with Crippen molar-refractivity contribution in [2.75, 3.05) is 38.3 Å². The third kappa shape index (κ3) is 3.17. The van der Waals surface area contributed by atoms with Gasteiger partial charge in [-0.1, -0.05) is 6.07 Å². The largest absolute Gasteiger partial charge is 0.493 e. The minimum Gasteiger partial charge on any atom is -0.493 e. The molecule has 1 amide bonds. The molecule has 7 nitrogen and oxygen atoms in total. The fourth-order valence-electron chi connectivity index (χ4n) is 4.68. The van der Waals surface area contributed by atoms with Gasteiger partial charge >= 0.3 is 0 Å². The average Bonchev–Trinajstić information content (AvgIpc) is 3.31. The lowest BCUT2D eigenvalue weighted by Gasteiger charge is -2.34. The molecule has 30 heavy (non-hydrogen) atoms. The Hall–Kier alpha value is -2.80. The predicted molar refractivity (Wildman–Crippen MR) is 112 cm³/mol. The molecule has 5 rings (SSSR count). The van der Waals surface area contributed by atoms with Crippen molar-refractivity contribution in [3.05, 3.63) is 46.6 Å². The lowest BCUT2D eigenvalue weighted by Crippen LogP contribution is -2.39. The Morgan fingerprint density at radius 1 is 1.27 bits per heavy atom. The molecule has 3 aliphatic heterocycles. The molecule has 1 aromatic carbocycles. The molecule has 0 unspecified atom stereocenters. The number of ether oxygens (including phenoxy) is 2. The molecule has 7 heteroatoms. The minimum atomic E-state index is -0.366. The monoisotopic (exact) mass is 409 g/mol. The number of pyridine rings is 1. The smallest absolute Gasteiger partial charge is 0.256 e. The molecule has 158 valence electrons. The van der Waals surface area contributed by atoms with E-state index in [0.717, 1.165) is 61.8 Å². The second-order valence-corrected chi connectivity index (χ2v) is 8.35. The number of likely N-dealkylation sites (N-methyl/N-ethyl adjacent to an activating group) is 1. The topological polar surface area (TPSA) is 75.1 Å². The summed E-state index contributed by atoms with van der Waals surface area (Å²) in [6, 6.07) is 7.69. The first-order valence-corrected chi connectivity index (χ1v) is 10.6. The third-order valence-corrected chi connectivity index (χ3v) is 6.43. The molecule has 0 radical (unpaired) electrons. The normalized spacial score (nSPS) is 20.9. The van der Waals surface area contributed by atoms with E-state index in [4.69, 9.17) is 14.5 Å². The second kappa shape index (κ2) is 7.47. The van der Waals surface area contributed by atoms with Crippen LogP contribution in [-0.4, -0.2) is 60.4 Å². The molecular weight excluding hydrogens is 382 g/mol. The molecule has 0 saturated carbocycles. The van der Waals surface area contributed by atoms with Crippen molar-refractivity contribution in [3.8, 4) is 11.5 Å². The number of piperidine rings is 1. The number of benzene rings is 1. The molecule has 1 aromatic heterocycles. The van der Waals surface area contributed by atoms with Crippen LogP contribution in [0.4, 0.5) is 5.82 Å². The zero-order chi connectivity index (χ0) is 20.8. The quantitative estimate of drug-likeness (QED) is 0.836. The maximum atomic E-state index is 12.4. The lowest BCUT2D eigenvalue weighted by molar-refractivity contribution is 0.0715. The van der Waals surface area contributed by atoms with Crippen molar-refractivity contribution in [2.45, 2.75) is 38.3 Å². The van der Waals surface area contributed by atoms with Crippen molar-refractivity contribution < 1.29 is 19.4 Å². The van der Waals surface area contributed by atoms with Crippen LogP contribution in [0.3, 0.4) is 0 Å². The van der Waals surface area contributed by atoms with Crippen LogP contribution >= 0.6 is 0 Å². The van der Waals surface area contributed by atoms with Crippen molar-refractivity contribution in [1.29, 1.82) is 0 Å². The summed E-state index contributed by atoms with van der Waals surface area (Å²) in [5.41, 5.74) is 3.53. The molecule has 1 fully saturated rings. The summed E-state index contributed by atoms with van der Waals surface area (Å²) >= 11 is 0. The number of carbonyl (C=O) groups is 1. The Kier molecular flexibility index (Phi) is 4.77. The number of aromatic nitrogens is 1. The Bertz CT molecular complexity index is 985. The van der Waals surface area contributed by atoms with E-state index in [2.05, 4.69) is 11.0 Å². The predicted octanol–water partition coefficient (Wildman–Crippen LogP) is 2.49. The highest BCUT2D eigenvalue weighted by atomic mass is 16.5. The molecular formula is C23H27N3O4. The highest BCUT2D eigenvalue weighted by Gasteiger charge is 2.36. The summed E-state index contributed by atoms with van der Waals surface area (Å²) < 4.78 is 11.9. The highest BCUT2D eigenvalue weighted by Crippen LogP contribution is 2.35. The van der Waals surface area contributed by atoms with E-state index in [1.807, 2.05) is 25.1 Å². The molecule has 1 saturated heterocycles. The highest BCUT2D eigenvalue weighted by molar-refractivity contribution is 5.99. The maximum absolute atomic E-state index is 12.4. The number of amides is 1. The van der Waals surface area contributed by atoms with Gasteiger partial charge in [0.1, 0.15) is 23.4 Å². The van der Waals surface area contributed by atoms with E-state index >= 15 is 0 Å². The summed E-state index contributed by atoms with van der Waals surface area (Å²) in [7, 11) is 1.72. The number of carbonyl (C=O) groups excluding carboxylic acids is 1. The van der Waals surface area contributed by atoms with Gasteiger partial charge in [-0.15, -0.1) is 0 Å². The molecule has 3 aliphatic rings. The van der Waals surface area contributed by atoms with Gasteiger partial charge in [0.15, 0.2) is 0 Å². The van der Waals surface area contributed by atoms with Crippen LogP contribution in [0.5, 0.6) is 11.5 Å². The van der Waals surface area contributed by atoms with E-state index < -0.39 is 0 Å². The van der Waals surface area contributed by atoms with Gasteiger partial charge in [-0.05, 0) is 30.2 Å². The SMILES string of the molecule is Cc1cc2c(nc1N1CCC(Oc3ccc4c(c3)OCC4)CC1)[C@H](CO)N(C)C2=O. The van der Waals surface area contributed by atoms with Crippen molar-refractivity contribution in [2.24, 2.45) is 0 Å². The average molecular weight is 409 g/mol.